The largest absolute Gasteiger partial charge is 0.396 e. The molecule has 74 valence electrons. The highest BCUT2D eigenvalue weighted by atomic mass is 16.3. The third-order valence-electron chi connectivity index (χ3n) is 1.96. The van der Waals surface area contributed by atoms with Gasteiger partial charge in [0, 0.05) is 31.6 Å². The molecule has 0 aliphatic heterocycles. The van der Waals surface area contributed by atoms with E-state index in [1.165, 1.54) is 5.69 Å². The zero-order valence-electron chi connectivity index (χ0n) is 8.40. The first-order valence-electron chi connectivity index (χ1n) is 4.63. The standard InChI is InChI=1S/C10H18N2O/c1-11(2)9-10-5-3-6-12(10)7-4-8-13/h3,5-6,13H,4,7-9H2,1-2H3. The molecule has 3 nitrogen and oxygen atoms in total. The molecule has 0 unspecified atom stereocenters. The van der Waals surface area contributed by atoms with Crippen molar-refractivity contribution in [2.24, 2.45) is 0 Å². The van der Waals surface area contributed by atoms with Crippen LogP contribution < -0.4 is 0 Å². The Bertz CT molecular complexity index is 243. The van der Waals surface area contributed by atoms with Gasteiger partial charge in [0.05, 0.1) is 0 Å². The Morgan fingerprint density at radius 2 is 2.23 bits per heavy atom. The lowest BCUT2D eigenvalue weighted by Crippen LogP contribution is -2.14. The molecule has 1 rings (SSSR count). The van der Waals surface area contributed by atoms with E-state index >= 15 is 0 Å². The number of hydrogen-bond acceptors (Lipinski definition) is 2. The van der Waals surface area contributed by atoms with E-state index in [1.807, 2.05) is 0 Å². The lowest BCUT2D eigenvalue weighted by Gasteiger charge is -2.12. The van der Waals surface area contributed by atoms with Crippen LogP contribution in [0.2, 0.25) is 0 Å². The van der Waals surface area contributed by atoms with Gasteiger partial charge in [-0.1, -0.05) is 0 Å². The summed E-state index contributed by atoms with van der Waals surface area (Å²) in [5.41, 5.74) is 1.30. The van der Waals surface area contributed by atoms with E-state index in [1.54, 1.807) is 0 Å². The summed E-state index contributed by atoms with van der Waals surface area (Å²) in [5, 5.41) is 8.71. The highest BCUT2D eigenvalue weighted by Gasteiger charge is 2.00. The van der Waals surface area contributed by atoms with Crippen LogP contribution in [-0.2, 0) is 13.1 Å². The number of aryl methyl sites for hydroxylation is 1. The van der Waals surface area contributed by atoms with Crippen LogP contribution in [0.4, 0.5) is 0 Å². The summed E-state index contributed by atoms with van der Waals surface area (Å²) in [4.78, 5) is 2.14. The molecule has 13 heavy (non-hydrogen) atoms. The molecule has 0 spiro atoms. The summed E-state index contributed by atoms with van der Waals surface area (Å²) in [6.07, 6.45) is 2.89. The Kier molecular flexibility index (Phi) is 3.99. The molecule has 0 fully saturated rings. The molecule has 1 aromatic rings. The first kappa shape index (κ1) is 10.3. The van der Waals surface area contributed by atoms with Crippen LogP contribution in [-0.4, -0.2) is 35.3 Å². The fourth-order valence-electron chi connectivity index (χ4n) is 1.38. The quantitative estimate of drug-likeness (QED) is 0.734. The Labute approximate surface area is 79.6 Å². The monoisotopic (exact) mass is 182 g/mol. The second-order valence-electron chi connectivity index (χ2n) is 3.51. The van der Waals surface area contributed by atoms with Gasteiger partial charge in [0.15, 0.2) is 0 Å². The average Bonchev–Trinajstić information content (AvgIpc) is 2.48. The van der Waals surface area contributed by atoms with Crippen LogP contribution in [0, 0.1) is 0 Å². The van der Waals surface area contributed by atoms with E-state index in [9.17, 15) is 0 Å². The third kappa shape index (κ3) is 3.20. The highest BCUT2D eigenvalue weighted by Crippen LogP contribution is 2.05. The van der Waals surface area contributed by atoms with Crippen LogP contribution in [0.1, 0.15) is 12.1 Å². The van der Waals surface area contributed by atoms with Gasteiger partial charge in [-0.3, -0.25) is 0 Å². The fourth-order valence-corrected chi connectivity index (χ4v) is 1.38. The maximum atomic E-state index is 8.71. The van der Waals surface area contributed by atoms with Crippen molar-refractivity contribution >= 4 is 0 Å². The van der Waals surface area contributed by atoms with Crippen molar-refractivity contribution in [3.63, 3.8) is 0 Å². The summed E-state index contributed by atoms with van der Waals surface area (Å²) in [5.74, 6) is 0. The Hall–Kier alpha value is -0.800. The molecule has 0 amide bonds. The number of hydrogen-bond donors (Lipinski definition) is 1. The SMILES string of the molecule is CN(C)Cc1cccn1CCCO. The highest BCUT2D eigenvalue weighted by molar-refractivity contribution is 5.06. The molecule has 0 atom stereocenters. The molecule has 0 aliphatic carbocycles. The summed E-state index contributed by atoms with van der Waals surface area (Å²) in [6, 6.07) is 4.17. The van der Waals surface area contributed by atoms with Crippen molar-refractivity contribution in [3.05, 3.63) is 24.0 Å². The van der Waals surface area contributed by atoms with Gasteiger partial charge >= 0.3 is 0 Å². The van der Waals surface area contributed by atoms with Crippen molar-refractivity contribution in [3.8, 4) is 0 Å². The summed E-state index contributed by atoms with van der Waals surface area (Å²) in [7, 11) is 4.12. The average molecular weight is 182 g/mol. The van der Waals surface area contributed by atoms with E-state index < -0.39 is 0 Å². The minimum Gasteiger partial charge on any atom is -0.396 e. The minimum atomic E-state index is 0.263. The predicted molar refractivity (Wildman–Crippen MR) is 53.5 cm³/mol. The van der Waals surface area contributed by atoms with Crippen LogP contribution in [0.25, 0.3) is 0 Å². The zero-order chi connectivity index (χ0) is 9.68. The van der Waals surface area contributed by atoms with Gasteiger partial charge in [0.25, 0.3) is 0 Å². The van der Waals surface area contributed by atoms with E-state index in [2.05, 4.69) is 41.9 Å². The lowest BCUT2D eigenvalue weighted by molar-refractivity contribution is 0.278. The minimum absolute atomic E-state index is 0.263. The molecule has 0 bridgehead atoms. The molecule has 0 aromatic carbocycles. The van der Waals surface area contributed by atoms with Crippen molar-refractivity contribution in [2.75, 3.05) is 20.7 Å². The number of aliphatic hydroxyl groups excluding tert-OH is 1. The van der Waals surface area contributed by atoms with Gasteiger partial charge in [-0.2, -0.15) is 0 Å². The van der Waals surface area contributed by atoms with Crippen molar-refractivity contribution in [1.82, 2.24) is 9.47 Å². The van der Waals surface area contributed by atoms with Crippen molar-refractivity contribution in [1.29, 1.82) is 0 Å². The van der Waals surface area contributed by atoms with Gasteiger partial charge in [-0.05, 0) is 32.6 Å². The smallest absolute Gasteiger partial charge is 0.0448 e. The molecule has 1 N–H and O–H groups in total. The van der Waals surface area contributed by atoms with Crippen LogP contribution >= 0.6 is 0 Å². The van der Waals surface area contributed by atoms with Crippen molar-refractivity contribution < 1.29 is 5.11 Å². The first-order valence-corrected chi connectivity index (χ1v) is 4.63. The molecule has 0 saturated carbocycles. The van der Waals surface area contributed by atoms with E-state index in [0.29, 0.717) is 0 Å². The molecule has 0 saturated heterocycles. The van der Waals surface area contributed by atoms with Gasteiger partial charge in [0.2, 0.25) is 0 Å². The molecule has 0 aliphatic rings. The second-order valence-corrected chi connectivity index (χ2v) is 3.51. The molecular weight excluding hydrogens is 164 g/mol. The summed E-state index contributed by atoms with van der Waals surface area (Å²) < 4.78 is 2.19. The molecule has 1 aromatic heterocycles. The van der Waals surface area contributed by atoms with Gasteiger partial charge in [0.1, 0.15) is 0 Å². The number of aliphatic hydroxyl groups is 1. The Balaban J connectivity index is 2.55. The molecular formula is C10H18N2O. The van der Waals surface area contributed by atoms with E-state index in [0.717, 1.165) is 19.5 Å². The lowest BCUT2D eigenvalue weighted by atomic mass is 10.4. The van der Waals surface area contributed by atoms with Crippen LogP contribution in [0.15, 0.2) is 18.3 Å². The topological polar surface area (TPSA) is 28.4 Å². The summed E-state index contributed by atoms with van der Waals surface area (Å²) >= 11 is 0. The van der Waals surface area contributed by atoms with E-state index in [4.69, 9.17) is 5.11 Å². The Morgan fingerprint density at radius 3 is 2.85 bits per heavy atom. The van der Waals surface area contributed by atoms with Gasteiger partial charge in [-0.15, -0.1) is 0 Å². The second kappa shape index (κ2) is 5.04. The van der Waals surface area contributed by atoms with Crippen molar-refractivity contribution in [2.45, 2.75) is 19.5 Å². The maximum Gasteiger partial charge on any atom is 0.0448 e. The van der Waals surface area contributed by atoms with Gasteiger partial charge in [-0.25, -0.2) is 0 Å². The number of rotatable bonds is 5. The van der Waals surface area contributed by atoms with Crippen LogP contribution in [0.3, 0.4) is 0 Å². The molecule has 3 heteroatoms. The summed E-state index contributed by atoms with van der Waals surface area (Å²) in [6.45, 7) is 2.13. The predicted octanol–water partition coefficient (Wildman–Crippen LogP) is 0.932. The fraction of sp³-hybridized carbons (Fsp3) is 0.600. The number of nitrogens with zero attached hydrogens (tertiary/aromatic N) is 2. The Morgan fingerprint density at radius 1 is 1.46 bits per heavy atom. The molecule has 0 radical (unpaired) electrons. The maximum absolute atomic E-state index is 8.71. The van der Waals surface area contributed by atoms with E-state index in [-0.39, 0.29) is 6.61 Å². The normalized spacial score (nSPS) is 11.1. The first-order chi connectivity index (χ1) is 6.24. The third-order valence-corrected chi connectivity index (χ3v) is 1.96. The number of aromatic nitrogens is 1. The molecule has 1 heterocycles. The zero-order valence-corrected chi connectivity index (χ0v) is 8.40. The van der Waals surface area contributed by atoms with Gasteiger partial charge < -0.3 is 14.6 Å². The van der Waals surface area contributed by atoms with Crippen LogP contribution in [0.5, 0.6) is 0 Å².